The number of aryl methyl sites for hydroxylation is 1. The lowest BCUT2D eigenvalue weighted by molar-refractivity contribution is -0.384. The molecule has 134 valence electrons. The van der Waals surface area contributed by atoms with Gasteiger partial charge in [-0.05, 0) is 24.6 Å². The van der Waals surface area contributed by atoms with E-state index < -0.39 is 22.6 Å². The molecule has 26 heavy (non-hydrogen) atoms. The van der Waals surface area contributed by atoms with E-state index >= 15 is 0 Å². The third-order valence-electron chi connectivity index (χ3n) is 4.32. The first-order valence-corrected chi connectivity index (χ1v) is 7.97. The average Bonchev–Trinajstić information content (AvgIpc) is 2.99. The minimum atomic E-state index is -0.774. The molecule has 0 bridgehead atoms. The lowest BCUT2D eigenvalue weighted by Gasteiger charge is -2.19. The smallest absolute Gasteiger partial charge is 0.271 e. The summed E-state index contributed by atoms with van der Waals surface area (Å²) in [7, 11) is 0. The predicted octanol–water partition coefficient (Wildman–Crippen LogP) is 3.03. The summed E-state index contributed by atoms with van der Waals surface area (Å²) in [6.45, 7) is 2.04. The van der Waals surface area contributed by atoms with Crippen molar-refractivity contribution in [2.75, 3.05) is 16.8 Å². The van der Waals surface area contributed by atoms with E-state index in [0.29, 0.717) is 0 Å². The summed E-state index contributed by atoms with van der Waals surface area (Å²) in [4.78, 5) is 36.4. The van der Waals surface area contributed by atoms with Gasteiger partial charge in [0.25, 0.3) is 5.69 Å². The van der Waals surface area contributed by atoms with Crippen molar-refractivity contribution in [3.63, 3.8) is 0 Å². The van der Waals surface area contributed by atoms with E-state index in [4.69, 9.17) is 0 Å². The molecular weight excluding hydrogens is 341 g/mol. The first kappa shape index (κ1) is 17.5. The molecule has 8 heteroatoms. The van der Waals surface area contributed by atoms with Gasteiger partial charge in [-0.15, -0.1) is 0 Å². The molecule has 1 N–H and O–H groups in total. The lowest BCUT2D eigenvalue weighted by atomic mass is 10.1. The number of amides is 2. The molecule has 0 saturated carbocycles. The van der Waals surface area contributed by atoms with Crippen LogP contribution in [0.2, 0.25) is 0 Å². The van der Waals surface area contributed by atoms with Crippen LogP contribution in [0.25, 0.3) is 0 Å². The van der Waals surface area contributed by atoms with Crippen LogP contribution in [0, 0.1) is 28.8 Å². The van der Waals surface area contributed by atoms with Crippen LogP contribution in [0.1, 0.15) is 12.0 Å². The maximum Gasteiger partial charge on any atom is 0.271 e. The number of benzene rings is 2. The van der Waals surface area contributed by atoms with Gasteiger partial charge in [0.1, 0.15) is 5.82 Å². The number of hydrogen-bond donors (Lipinski definition) is 1. The van der Waals surface area contributed by atoms with E-state index in [9.17, 15) is 24.1 Å². The summed E-state index contributed by atoms with van der Waals surface area (Å²) >= 11 is 0. The normalized spacial score (nSPS) is 16.6. The Labute approximate surface area is 148 Å². The number of carbonyl (C=O) groups excluding carboxylic acids is 2. The highest BCUT2D eigenvalue weighted by atomic mass is 19.1. The minimum absolute atomic E-state index is 0.00326. The van der Waals surface area contributed by atoms with Crippen molar-refractivity contribution >= 4 is 28.9 Å². The second kappa shape index (κ2) is 6.91. The van der Waals surface area contributed by atoms with Crippen molar-refractivity contribution in [1.29, 1.82) is 0 Å². The lowest BCUT2D eigenvalue weighted by Crippen LogP contribution is -2.28. The molecule has 0 aliphatic carbocycles. The third kappa shape index (κ3) is 3.39. The first-order valence-electron chi connectivity index (χ1n) is 7.97. The molecule has 1 saturated heterocycles. The molecule has 2 aromatic carbocycles. The van der Waals surface area contributed by atoms with E-state index in [1.165, 1.54) is 4.90 Å². The van der Waals surface area contributed by atoms with E-state index in [2.05, 4.69) is 5.32 Å². The Morgan fingerprint density at radius 1 is 1.31 bits per heavy atom. The van der Waals surface area contributed by atoms with Crippen molar-refractivity contribution in [3.05, 3.63) is 64.0 Å². The Kier molecular flexibility index (Phi) is 4.66. The molecule has 3 rings (SSSR count). The summed E-state index contributed by atoms with van der Waals surface area (Å²) < 4.78 is 13.8. The van der Waals surface area contributed by atoms with Gasteiger partial charge in [0.15, 0.2) is 0 Å². The summed E-state index contributed by atoms with van der Waals surface area (Å²) in [5.74, 6) is -2.18. The maximum absolute atomic E-state index is 13.8. The number of hydrogen-bond acceptors (Lipinski definition) is 4. The van der Waals surface area contributed by atoms with Gasteiger partial charge in [0.05, 0.1) is 16.5 Å². The number of nitro benzene ring substituents is 1. The molecule has 1 atom stereocenters. The molecule has 1 heterocycles. The van der Waals surface area contributed by atoms with Gasteiger partial charge < -0.3 is 10.2 Å². The van der Waals surface area contributed by atoms with Crippen molar-refractivity contribution < 1.29 is 18.9 Å². The van der Waals surface area contributed by atoms with Gasteiger partial charge in [-0.1, -0.05) is 18.2 Å². The van der Waals surface area contributed by atoms with Crippen LogP contribution < -0.4 is 10.2 Å². The molecule has 7 nitrogen and oxygen atoms in total. The van der Waals surface area contributed by atoms with Gasteiger partial charge in [0.2, 0.25) is 11.8 Å². The number of para-hydroxylation sites is 1. The largest absolute Gasteiger partial charge is 0.323 e. The highest BCUT2D eigenvalue weighted by molar-refractivity contribution is 6.03. The van der Waals surface area contributed by atoms with Crippen LogP contribution in [-0.2, 0) is 9.59 Å². The number of nitro groups is 1. The summed E-state index contributed by atoms with van der Waals surface area (Å²) in [6.07, 6.45) is -0.00326. The van der Waals surface area contributed by atoms with Gasteiger partial charge in [-0.3, -0.25) is 19.7 Å². The van der Waals surface area contributed by atoms with E-state index in [1.807, 2.05) is 25.1 Å². The van der Waals surface area contributed by atoms with Crippen LogP contribution in [0.15, 0.2) is 42.5 Å². The number of halogens is 1. The fourth-order valence-electron chi connectivity index (χ4n) is 2.94. The van der Waals surface area contributed by atoms with Crippen LogP contribution in [-0.4, -0.2) is 23.3 Å². The average molecular weight is 357 g/mol. The minimum Gasteiger partial charge on any atom is -0.323 e. The molecule has 0 spiro atoms. The first-order chi connectivity index (χ1) is 12.4. The van der Waals surface area contributed by atoms with Crippen LogP contribution in [0.5, 0.6) is 0 Å². The van der Waals surface area contributed by atoms with E-state index in [-0.39, 0.29) is 30.2 Å². The number of non-ortho nitro benzene ring substituents is 1. The SMILES string of the molecule is Cc1ccccc1N1CC(C(=O)Nc2cc([N+](=O)[O-])ccc2F)CC1=O. The van der Waals surface area contributed by atoms with Gasteiger partial charge in [-0.2, -0.15) is 0 Å². The molecule has 1 fully saturated rings. The number of anilines is 2. The van der Waals surface area contributed by atoms with Gasteiger partial charge in [-0.25, -0.2) is 4.39 Å². The molecule has 0 radical (unpaired) electrons. The molecule has 1 unspecified atom stereocenters. The van der Waals surface area contributed by atoms with Gasteiger partial charge >= 0.3 is 0 Å². The highest BCUT2D eigenvalue weighted by Crippen LogP contribution is 2.29. The van der Waals surface area contributed by atoms with Crippen molar-refractivity contribution in [1.82, 2.24) is 0 Å². The van der Waals surface area contributed by atoms with Crippen molar-refractivity contribution in [2.45, 2.75) is 13.3 Å². The fourth-order valence-corrected chi connectivity index (χ4v) is 2.94. The fraction of sp³-hybridized carbons (Fsp3) is 0.222. The molecule has 2 amide bonds. The zero-order chi connectivity index (χ0) is 18.8. The quantitative estimate of drug-likeness (QED) is 0.672. The van der Waals surface area contributed by atoms with Crippen molar-refractivity contribution in [3.8, 4) is 0 Å². The predicted molar refractivity (Wildman–Crippen MR) is 93.3 cm³/mol. The number of rotatable bonds is 4. The number of carbonyl (C=O) groups is 2. The number of nitrogens with one attached hydrogen (secondary N) is 1. The van der Waals surface area contributed by atoms with Crippen LogP contribution >= 0.6 is 0 Å². The summed E-state index contributed by atoms with van der Waals surface area (Å²) in [5, 5.41) is 13.2. The molecule has 1 aliphatic heterocycles. The summed E-state index contributed by atoms with van der Waals surface area (Å²) in [5.41, 5.74) is 1.04. The Morgan fingerprint density at radius 3 is 2.73 bits per heavy atom. The van der Waals surface area contributed by atoms with Gasteiger partial charge in [0, 0.05) is 30.8 Å². The molecule has 1 aliphatic rings. The second-order valence-electron chi connectivity index (χ2n) is 6.10. The molecule has 2 aromatic rings. The topological polar surface area (TPSA) is 92.6 Å². The molecular formula is C18H16FN3O4. The highest BCUT2D eigenvalue weighted by Gasteiger charge is 2.36. The number of nitrogens with zero attached hydrogens (tertiary/aromatic N) is 2. The van der Waals surface area contributed by atoms with E-state index in [0.717, 1.165) is 29.4 Å². The summed E-state index contributed by atoms with van der Waals surface area (Å²) in [6, 6.07) is 10.2. The Hall–Kier alpha value is -3.29. The van der Waals surface area contributed by atoms with E-state index in [1.54, 1.807) is 6.07 Å². The zero-order valence-electron chi connectivity index (χ0n) is 13.9. The second-order valence-corrected chi connectivity index (χ2v) is 6.10. The molecule has 0 aromatic heterocycles. The maximum atomic E-state index is 13.8. The third-order valence-corrected chi connectivity index (χ3v) is 4.32. The Bertz CT molecular complexity index is 900. The Morgan fingerprint density at radius 2 is 2.04 bits per heavy atom. The van der Waals surface area contributed by atoms with Crippen molar-refractivity contribution in [2.24, 2.45) is 5.92 Å². The Balaban J connectivity index is 1.76. The zero-order valence-corrected chi connectivity index (χ0v) is 13.9. The van der Waals surface area contributed by atoms with Crippen LogP contribution in [0.4, 0.5) is 21.5 Å². The van der Waals surface area contributed by atoms with Crippen LogP contribution in [0.3, 0.4) is 0 Å². The monoisotopic (exact) mass is 357 g/mol. The standard InChI is InChI=1S/C18H16FN3O4/c1-11-4-2-3-5-16(11)21-10-12(8-17(21)23)18(24)20-15-9-13(22(25)26)6-7-14(15)19/h2-7,9,12H,8,10H2,1H3,(H,20,24).